The minimum absolute atomic E-state index is 0.0121. The zero-order chi connectivity index (χ0) is 15.4. The number of nitrogens with zero attached hydrogens (tertiary/aromatic N) is 1. The summed E-state index contributed by atoms with van der Waals surface area (Å²) in [5.74, 6) is -0.449. The minimum atomic E-state index is -1.02. The third-order valence-electron chi connectivity index (χ3n) is 3.99. The number of nitrogens with one attached hydrogen (secondary N) is 1. The fraction of sp³-hybridized carbons (Fsp3) is 0.786. The second kappa shape index (κ2) is 7.15. The van der Waals surface area contributed by atoms with Crippen molar-refractivity contribution in [3.8, 4) is 0 Å². The van der Waals surface area contributed by atoms with Gasteiger partial charge in [-0.05, 0) is 37.2 Å². The van der Waals surface area contributed by atoms with Gasteiger partial charge in [-0.15, -0.1) is 0 Å². The Hall–Kier alpha value is -1.24. The summed E-state index contributed by atoms with van der Waals surface area (Å²) in [5.41, 5.74) is 0. The summed E-state index contributed by atoms with van der Waals surface area (Å²) in [6.45, 7) is 1.17. The SMILES string of the molecule is CSCCC(NC(=O)C1CC(=O)N(CC2CC2)C1)C(=O)O. The third kappa shape index (κ3) is 4.62. The molecule has 6 nitrogen and oxygen atoms in total. The number of amides is 2. The van der Waals surface area contributed by atoms with Crippen LogP contribution in [0.4, 0.5) is 0 Å². The van der Waals surface area contributed by atoms with E-state index in [0.717, 1.165) is 19.4 Å². The van der Waals surface area contributed by atoms with Crippen molar-refractivity contribution in [1.29, 1.82) is 0 Å². The first-order valence-corrected chi connectivity index (χ1v) is 8.70. The van der Waals surface area contributed by atoms with Gasteiger partial charge in [-0.1, -0.05) is 0 Å². The van der Waals surface area contributed by atoms with Gasteiger partial charge >= 0.3 is 5.97 Å². The second-order valence-corrected chi connectivity index (χ2v) is 6.81. The summed E-state index contributed by atoms with van der Waals surface area (Å²) < 4.78 is 0. The van der Waals surface area contributed by atoms with Crippen LogP contribution in [0.15, 0.2) is 0 Å². The Kier molecular flexibility index (Phi) is 5.50. The number of aliphatic carboxylic acids is 1. The van der Waals surface area contributed by atoms with E-state index >= 15 is 0 Å². The highest BCUT2D eigenvalue weighted by molar-refractivity contribution is 7.98. The molecule has 118 valence electrons. The van der Waals surface area contributed by atoms with Gasteiger partial charge in [0.2, 0.25) is 11.8 Å². The molecule has 1 aliphatic carbocycles. The van der Waals surface area contributed by atoms with Crippen molar-refractivity contribution in [1.82, 2.24) is 10.2 Å². The first kappa shape index (κ1) is 16.1. The smallest absolute Gasteiger partial charge is 0.326 e. The Morgan fingerprint density at radius 1 is 1.48 bits per heavy atom. The molecule has 0 spiro atoms. The lowest BCUT2D eigenvalue weighted by Crippen LogP contribution is -2.44. The highest BCUT2D eigenvalue weighted by atomic mass is 32.2. The number of carboxylic acids is 1. The number of rotatable bonds is 8. The predicted octanol–water partition coefficient (Wildman–Crippen LogP) is 0.567. The number of carbonyl (C=O) groups excluding carboxylic acids is 2. The van der Waals surface area contributed by atoms with Crippen molar-refractivity contribution in [3.05, 3.63) is 0 Å². The van der Waals surface area contributed by atoms with Crippen LogP contribution in [0.5, 0.6) is 0 Å². The molecule has 1 heterocycles. The molecule has 2 atom stereocenters. The largest absolute Gasteiger partial charge is 0.480 e. The zero-order valence-corrected chi connectivity index (χ0v) is 13.0. The molecule has 2 fully saturated rings. The highest BCUT2D eigenvalue weighted by Crippen LogP contribution is 2.32. The summed E-state index contributed by atoms with van der Waals surface area (Å²) in [6, 6.07) is -0.863. The van der Waals surface area contributed by atoms with Gasteiger partial charge in [0.15, 0.2) is 0 Å². The quantitative estimate of drug-likeness (QED) is 0.684. The molecule has 2 rings (SSSR count). The standard InChI is InChI=1S/C14H22N2O4S/c1-21-5-4-11(14(19)20)15-13(18)10-6-12(17)16(8-10)7-9-2-3-9/h9-11H,2-8H2,1H3,(H,15,18)(H,19,20). The summed E-state index contributed by atoms with van der Waals surface area (Å²) in [5, 5.41) is 11.7. The zero-order valence-electron chi connectivity index (χ0n) is 12.2. The first-order chi connectivity index (χ1) is 10.0. The van der Waals surface area contributed by atoms with Crippen molar-refractivity contribution in [2.45, 2.75) is 31.7 Å². The van der Waals surface area contributed by atoms with Gasteiger partial charge in [0.05, 0.1) is 5.92 Å². The Labute approximate surface area is 128 Å². The molecule has 0 aromatic heterocycles. The number of likely N-dealkylation sites (tertiary alicyclic amines) is 1. The Bertz CT molecular complexity index is 425. The van der Waals surface area contributed by atoms with Crippen LogP contribution in [0.25, 0.3) is 0 Å². The molecule has 1 saturated carbocycles. The van der Waals surface area contributed by atoms with E-state index in [4.69, 9.17) is 5.11 Å². The molecule has 0 radical (unpaired) electrons. The summed E-state index contributed by atoms with van der Waals surface area (Å²) >= 11 is 1.54. The van der Waals surface area contributed by atoms with Crippen LogP contribution >= 0.6 is 11.8 Å². The maximum Gasteiger partial charge on any atom is 0.326 e. The maximum atomic E-state index is 12.2. The maximum absolute atomic E-state index is 12.2. The van der Waals surface area contributed by atoms with Gasteiger partial charge < -0.3 is 15.3 Å². The van der Waals surface area contributed by atoms with Gasteiger partial charge in [-0.2, -0.15) is 11.8 Å². The molecule has 2 N–H and O–H groups in total. The van der Waals surface area contributed by atoms with Crippen LogP contribution < -0.4 is 5.32 Å². The molecular weight excluding hydrogens is 292 g/mol. The molecular formula is C14H22N2O4S. The van der Waals surface area contributed by atoms with E-state index in [1.54, 1.807) is 16.7 Å². The van der Waals surface area contributed by atoms with Crippen molar-refractivity contribution in [3.63, 3.8) is 0 Å². The summed E-state index contributed by atoms with van der Waals surface area (Å²) in [7, 11) is 0. The highest BCUT2D eigenvalue weighted by Gasteiger charge is 2.38. The van der Waals surface area contributed by atoms with E-state index in [2.05, 4.69) is 5.32 Å². The van der Waals surface area contributed by atoms with Crippen LogP contribution in [-0.4, -0.2) is 58.9 Å². The molecule has 2 unspecified atom stereocenters. The number of hydrogen-bond acceptors (Lipinski definition) is 4. The monoisotopic (exact) mass is 314 g/mol. The molecule has 2 aliphatic rings. The van der Waals surface area contributed by atoms with Crippen molar-refractivity contribution < 1.29 is 19.5 Å². The van der Waals surface area contributed by atoms with Crippen LogP contribution in [0, 0.1) is 11.8 Å². The molecule has 2 amide bonds. The average molecular weight is 314 g/mol. The topological polar surface area (TPSA) is 86.7 Å². The van der Waals surface area contributed by atoms with Crippen LogP contribution in [-0.2, 0) is 14.4 Å². The molecule has 1 saturated heterocycles. The number of carbonyl (C=O) groups is 3. The van der Waals surface area contributed by atoms with E-state index < -0.39 is 17.9 Å². The van der Waals surface area contributed by atoms with E-state index in [1.165, 1.54) is 0 Å². The minimum Gasteiger partial charge on any atom is -0.480 e. The summed E-state index contributed by atoms with van der Waals surface area (Å²) in [4.78, 5) is 36.9. The van der Waals surface area contributed by atoms with Crippen molar-refractivity contribution in [2.75, 3.05) is 25.1 Å². The number of hydrogen-bond donors (Lipinski definition) is 2. The van der Waals surface area contributed by atoms with E-state index in [0.29, 0.717) is 24.6 Å². The fourth-order valence-corrected chi connectivity index (χ4v) is 2.99. The average Bonchev–Trinajstić information content (AvgIpc) is 3.17. The van der Waals surface area contributed by atoms with Gasteiger partial charge in [-0.3, -0.25) is 9.59 Å². The van der Waals surface area contributed by atoms with Crippen LogP contribution in [0.3, 0.4) is 0 Å². The summed E-state index contributed by atoms with van der Waals surface area (Å²) in [6.07, 6.45) is 4.82. The number of thioether (sulfide) groups is 1. The first-order valence-electron chi connectivity index (χ1n) is 7.31. The Morgan fingerprint density at radius 3 is 2.76 bits per heavy atom. The van der Waals surface area contributed by atoms with E-state index in [1.807, 2.05) is 6.26 Å². The van der Waals surface area contributed by atoms with E-state index in [-0.39, 0.29) is 18.2 Å². The Morgan fingerprint density at radius 2 is 2.19 bits per heavy atom. The van der Waals surface area contributed by atoms with Gasteiger partial charge in [-0.25, -0.2) is 4.79 Å². The molecule has 1 aliphatic heterocycles. The molecule has 21 heavy (non-hydrogen) atoms. The third-order valence-corrected chi connectivity index (χ3v) is 4.63. The van der Waals surface area contributed by atoms with Crippen molar-refractivity contribution in [2.24, 2.45) is 11.8 Å². The van der Waals surface area contributed by atoms with E-state index in [9.17, 15) is 14.4 Å². The lowest BCUT2D eigenvalue weighted by Gasteiger charge is -2.18. The lowest BCUT2D eigenvalue weighted by atomic mass is 10.1. The molecule has 0 aromatic rings. The molecule has 7 heteroatoms. The normalized spacial score (nSPS) is 23.2. The number of carboxylic acid groups (broad SMARTS) is 1. The van der Waals surface area contributed by atoms with Crippen LogP contribution in [0.2, 0.25) is 0 Å². The Balaban J connectivity index is 1.84. The van der Waals surface area contributed by atoms with Gasteiger partial charge in [0.25, 0.3) is 0 Å². The predicted molar refractivity (Wildman–Crippen MR) is 80.0 cm³/mol. The molecule has 0 aromatic carbocycles. The lowest BCUT2D eigenvalue weighted by molar-refractivity contribution is -0.142. The molecule has 0 bridgehead atoms. The van der Waals surface area contributed by atoms with Gasteiger partial charge in [0, 0.05) is 19.5 Å². The fourth-order valence-electron chi connectivity index (χ4n) is 2.52. The van der Waals surface area contributed by atoms with Crippen molar-refractivity contribution >= 4 is 29.5 Å². The van der Waals surface area contributed by atoms with Gasteiger partial charge in [0.1, 0.15) is 6.04 Å². The van der Waals surface area contributed by atoms with Crippen LogP contribution in [0.1, 0.15) is 25.7 Å². The second-order valence-electron chi connectivity index (χ2n) is 5.82.